The molecule has 1 fully saturated rings. The third-order valence-corrected chi connectivity index (χ3v) is 8.80. The summed E-state index contributed by atoms with van der Waals surface area (Å²) in [6.45, 7) is 11.5. The molecule has 13 heteroatoms. The second-order valence-corrected chi connectivity index (χ2v) is 14.1. The molecule has 0 radical (unpaired) electrons. The van der Waals surface area contributed by atoms with E-state index in [0.29, 0.717) is 49.9 Å². The molecule has 268 valence electrons. The lowest BCUT2D eigenvalue weighted by atomic mass is 9.96. The van der Waals surface area contributed by atoms with E-state index in [0.717, 1.165) is 0 Å². The number of rotatable bonds is 16. The Morgan fingerprint density at radius 2 is 1.60 bits per heavy atom. The Bertz CT molecular complexity index is 1620. The normalized spacial score (nSPS) is 15.8. The van der Waals surface area contributed by atoms with Crippen molar-refractivity contribution in [1.82, 2.24) is 36.0 Å². The lowest BCUT2D eigenvalue weighted by molar-refractivity contribution is -0.142. The van der Waals surface area contributed by atoms with Crippen LogP contribution < -0.4 is 16.0 Å². The van der Waals surface area contributed by atoms with Gasteiger partial charge in [-0.05, 0) is 75.6 Å². The minimum absolute atomic E-state index is 0.200. The molecule has 50 heavy (non-hydrogen) atoms. The number of pyridine rings is 1. The first-order chi connectivity index (χ1) is 23.8. The van der Waals surface area contributed by atoms with Crippen LogP contribution in [0.4, 0.5) is 0 Å². The summed E-state index contributed by atoms with van der Waals surface area (Å²) in [7, 11) is 0. The van der Waals surface area contributed by atoms with E-state index in [-0.39, 0.29) is 47.8 Å². The van der Waals surface area contributed by atoms with Crippen LogP contribution in [-0.4, -0.2) is 79.7 Å². The molecule has 13 nitrogen and oxygen atoms in total. The van der Waals surface area contributed by atoms with Crippen molar-refractivity contribution >= 4 is 29.4 Å². The van der Waals surface area contributed by atoms with Crippen LogP contribution in [0.25, 0.3) is 11.5 Å². The van der Waals surface area contributed by atoms with Gasteiger partial charge in [0.1, 0.15) is 17.8 Å². The first-order valence-electron chi connectivity index (χ1n) is 17.3. The van der Waals surface area contributed by atoms with Crippen LogP contribution in [0.15, 0.2) is 59.1 Å². The van der Waals surface area contributed by atoms with Gasteiger partial charge >= 0.3 is 0 Å². The van der Waals surface area contributed by atoms with Crippen LogP contribution in [0.3, 0.4) is 0 Å². The van der Waals surface area contributed by atoms with Crippen LogP contribution in [0.5, 0.6) is 0 Å². The number of Topliss-reactive ketones (excluding diaryl/α,β-unsaturated/α-hetero) is 1. The second-order valence-electron chi connectivity index (χ2n) is 14.1. The standard InChI is InChI=1S/C37H49N7O6/c1-23(2)29(31(46)35-43-42-34(50-35)25-15-8-7-9-16-25)40-33(48)27-18-14-22-44(27)36(49)30(24(3)4)39-28(45)19-10-12-20-37(5,6)41-32(47)26-17-11-13-21-38-26/h7-9,11,13,15-17,21,23-24,27,29-30H,10,12,14,18-20,22H2,1-6H3,(H,39,45)(H,40,48)(H,41,47)/t27-,29-,30-/m0/s1. The number of hydrogen-bond acceptors (Lipinski definition) is 9. The minimum atomic E-state index is -0.946. The molecular formula is C37H49N7O6. The number of carbonyl (C=O) groups excluding carboxylic acids is 5. The van der Waals surface area contributed by atoms with E-state index < -0.39 is 35.4 Å². The predicted molar refractivity (Wildman–Crippen MR) is 187 cm³/mol. The van der Waals surface area contributed by atoms with Crippen LogP contribution >= 0.6 is 0 Å². The number of nitrogens with zero attached hydrogens (tertiary/aromatic N) is 4. The van der Waals surface area contributed by atoms with Gasteiger partial charge in [-0.25, -0.2) is 0 Å². The summed E-state index contributed by atoms with van der Waals surface area (Å²) in [5, 5.41) is 16.7. The van der Waals surface area contributed by atoms with E-state index >= 15 is 0 Å². The summed E-state index contributed by atoms with van der Waals surface area (Å²) in [4.78, 5) is 72.0. The maximum atomic E-state index is 13.8. The topological polar surface area (TPSA) is 176 Å². The van der Waals surface area contributed by atoms with Gasteiger partial charge in [0.05, 0.1) is 6.04 Å². The average molecular weight is 688 g/mol. The Labute approximate surface area is 293 Å². The van der Waals surface area contributed by atoms with Crippen molar-refractivity contribution in [2.24, 2.45) is 11.8 Å². The van der Waals surface area contributed by atoms with Gasteiger partial charge in [-0.15, -0.1) is 10.2 Å². The number of aromatic nitrogens is 3. The van der Waals surface area contributed by atoms with Gasteiger partial charge in [-0.3, -0.25) is 29.0 Å². The zero-order valence-electron chi connectivity index (χ0n) is 29.8. The van der Waals surface area contributed by atoms with Crippen molar-refractivity contribution in [1.29, 1.82) is 0 Å². The van der Waals surface area contributed by atoms with Crippen LogP contribution in [-0.2, 0) is 14.4 Å². The number of carbonyl (C=O) groups is 5. The van der Waals surface area contributed by atoms with Crippen molar-refractivity contribution < 1.29 is 28.4 Å². The molecule has 1 aliphatic rings. The number of benzene rings is 1. The maximum absolute atomic E-state index is 13.8. The van der Waals surface area contributed by atoms with Crippen molar-refractivity contribution in [3.05, 3.63) is 66.3 Å². The molecule has 3 heterocycles. The quantitative estimate of drug-likeness (QED) is 0.146. The van der Waals surface area contributed by atoms with E-state index in [1.54, 1.807) is 50.4 Å². The summed E-state index contributed by atoms with van der Waals surface area (Å²) >= 11 is 0. The number of likely N-dealkylation sites (tertiary alicyclic amines) is 1. The number of unbranched alkanes of at least 4 members (excludes halogenated alkanes) is 1. The molecule has 1 saturated heterocycles. The van der Waals surface area contributed by atoms with Gasteiger partial charge in [0.15, 0.2) is 0 Å². The molecule has 0 aliphatic carbocycles. The summed E-state index contributed by atoms with van der Waals surface area (Å²) < 4.78 is 5.66. The highest BCUT2D eigenvalue weighted by molar-refractivity contribution is 6.00. The zero-order chi connectivity index (χ0) is 36.4. The molecule has 3 aromatic rings. The fraction of sp³-hybridized carbons (Fsp3) is 0.514. The van der Waals surface area contributed by atoms with Crippen molar-refractivity contribution in [3.8, 4) is 11.5 Å². The van der Waals surface area contributed by atoms with Gasteiger partial charge in [0.2, 0.25) is 29.4 Å². The monoisotopic (exact) mass is 687 g/mol. The van der Waals surface area contributed by atoms with Crippen LogP contribution in [0, 0.1) is 11.8 Å². The first kappa shape index (κ1) is 37.9. The van der Waals surface area contributed by atoms with E-state index in [1.165, 1.54) is 4.90 Å². The molecule has 3 atom stereocenters. The minimum Gasteiger partial charge on any atom is -0.414 e. The summed E-state index contributed by atoms with van der Waals surface area (Å²) in [6.07, 6.45) is 4.73. The summed E-state index contributed by atoms with van der Waals surface area (Å²) in [5.41, 5.74) is 0.516. The third kappa shape index (κ3) is 10.1. The molecule has 0 saturated carbocycles. The number of hydrogen-bond donors (Lipinski definition) is 3. The fourth-order valence-electron chi connectivity index (χ4n) is 5.96. The Kier molecular flexibility index (Phi) is 13.0. The Hall–Kier alpha value is -4.94. The van der Waals surface area contributed by atoms with Crippen molar-refractivity contribution in [3.63, 3.8) is 0 Å². The molecule has 4 amide bonds. The molecule has 3 N–H and O–H groups in total. The van der Waals surface area contributed by atoms with Crippen molar-refractivity contribution in [2.45, 2.75) is 104 Å². The first-order valence-corrected chi connectivity index (χ1v) is 17.3. The molecule has 0 bridgehead atoms. The van der Waals surface area contributed by atoms with E-state index in [4.69, 9.17) is 4.42 Å². The molecule has 1 aromatic carbocycles. The highest BCUT2D eigenvalue weighted by Crippen LogP contribution is 2.23. The van der Waals surface area contributed by atoms with Gasteiger partial charge in [0, 0.05) is 30.3 Å². The SMILES string of the molecule is CC(C)[C@H](NC(=O)[C@@H]1CCCN1C(=O)[C@@H](NC(=O)CCCCC(C)(C)NC(=O)c1ccccn1)C(C)C)C(=O)c1nnc(-c2ccccc2)o1. The molecule has 0 unspecified atom stereocenters. The van der Waals surface area contributed by atoms with Crippen LogP contribution in [0.1, 0.15) is 101 Å². The molecule has 0 spiro atoms. The van der Waals surface area contributed by atoms with Gasteiger partial charge < -0.3 is 25.3 Å². The largest absolute Gasteiger partial charge is 0.414 e. The van der Waals surface area contributed by atoms with E-state index in [2.05, 4.69) is 31.1 Å². The van der Waals surface area contributed by atoms with Gasteiger partial charge in [-0.1, -0.05) is 58.4 Å². The lowest BCUT2D eigenvalue weighted by Gasteiger charge is -2.31. The Morgan fingerprint density at radius 3 is 2.26 bits per heavy atom. The number of ketones is 1. The average Bonchev–Trinajstić information content (AvgIpc) is 3.79. The molecule has 2 aromatic heterocycles. The molecular weight excluding hydrogens is 638 g/mol. The molecule has 1 aliphatic heterocycles. The summed E-state index contributed by atoms with van der Waals surface area (Å²) in [6, 6.07) is 11.7. The van der Waals surface area contributed by atoms with E-state index in [1.807, 2.05) is 45.9 Å². The van der Waals surface area contributed by atoms with Gasteiger partial charge in [0.25, 0.3) is 11.8 Å². The number of nitrogens with one attached hydrogen (secondary N) is 3. The zero-order valence-corrected chi connectivity index (χ0v) is 29.8. The predicted octanol–water partition coefficient (Wildman–Crippen LogP) is 4.36. The highest BCUT2D eigenvalue weighted by atomic mass is 16.4. The second kappa shape index (κ2) is 17.1. The van der Waals surface area contributed by atoms with Crippen LogP contribution in [0.2, 0.25) is 0 Å². The van der Waals surface area contributed by atoms with E-state index in [9.17, 15) is 24.0 Å². The Balaban J connectivity index is 1.31. The van der Waals surface area contributed by atoms with Gasteiger partial charge in [-0.2, -0.15) is 0 Å². The smallest absolute Gasteiger partial charge is 0.286 e. The number of amides is 4. The van der Waals surface area contributed by atoms with Crippen molar-refractivity contribution in [2.75, 3.05) is 6.54 Å². The lowest BCUT2D eigenvalue weighted by Crippen LogP contribution is -2.57. The highest BCUT2D eigenvalue weighted by Gasteiger charge is 2.40. The Morgan fingerprint density at radius 1 is 0.900 bits per heavy atom. The fourth-order valence-corrected chi connectivity index (χ4v) is 5.96. The third-order valence-electron chi connectivity index (χ3n) is 8.80. The molecule has 4 rings (SSSR count). The summed E-state index contributed by atoms with van der Waals surface area (Å²) in [5.74, 6) is -2.33. The maximum Gasteiger partial charge on any atom is 0.286 e.